The number of nitrogens with zero attached hydrogens (tertiary/aromatic N) is 1. The molecule has 1 aliphatic heterocycles. The molecule has 6 heteroatoms. The summed E-state index contributed by atoms with van der Waals surface area (Å²) < 4.78 is 5.27. The molecule has 0 radical (unpaired) electrons. The molecule has 1 heterocycles. The second-order valence-electron chi connectivity index (χ2n) is 5.80. The largest absolute Gasteiger partial charge is 0.409 e. The minimum absolute atomic E-state index is 0.00970. The summed E-state index contributed by atoms with van der Waals surface area (Å²) in [4.78, 5) is 12.3. The first-order valence-electron chi connectivity index (χ1n) is 7.58. The molecule has 1 saturated heterocycles. The van der Waals surface area contributed by atoms with E-state index in [0.29, 0.717) is 13.2 Å². The normalized spacial score (nSPS) is 24.3. The third-order valence-corrected chi connectivity index (χ3v) is 4.45. The van der Waals surface area contributed by atoms with Gasteiger partial charge in [0.15, 0.2) is 5.84 Å². The zero-order chi connectivity index (χ0) is 14.4. The summed E-state index contributed by atoms with van der Waals surface area (Å²) in [5, 5.41) is 15.1. The Hall–Kier alpha value is -1.30. The highest BCUT2D eigenvalue weighted by atomic mass is 16.5. The van der Waals surface area contributed by atoms with Crippen molar-refractivity contribution >= 4 is 11.7 Å². The summed E-state index contributed by atoms with van der Waals surface area (Å²) in [5.74, 6) is 0.401. The average Bonchev–Trinajstić information content (AvgIpc) is 2.53. The summed E-state index contributed by atoms with van der Waals surface area (Å²) in [6.45, 7) is 1.27. The third kappa shape index (κ3) is 3.85. The number of amidine groups is 1. The maximum absolute atomic E-state index is 12.3. The molecule has 2 rings (SSSR count). The van der Waals surface area contributed by atoms with Gasteiger partial charge >= 0.3 is 0 Å². The summed E-state index contributed by atoms with van der Waals surface area (Å²) in [6.07, 6.45) is 7.07. The van der Waals surface area contributed by atoms with Crippen LogP contribution >= 0.6 is 0 Å². The van der Waals surface area contributed by atoms with Crippen LogP contribution in [0.2, 0.25) is 0 Å². The highest BCUT2D eigenvalue weighted by Gasteiger charge is 2.31. The van der Waals surface area contributed by atoms with Crippen molar-refractivity contribution in [1.29, 1.82) is 0 Å². The molecular formula is C14H25N3O3. The van der Waals surface area contributed by atoms with Gasteiger partial charge in [-0.3, -0.25) is 4.79 Å². The van der Waals surface area contributed by atoms with Crippen LogP contribution in [0.4, 0.5) is 0 Å². The van der Waals surface area contributed by atoms with Gasteiger partial charge in [0.05, 0.1) is 6.04 Å². The number of carbonyl (C=O) groups excluding carboxylic acids is 1. The van der Waals surface area contributed by atoms with Crippen LogP contribution in [0.5, 0.6) is 0 Å². The fourth-order valence-corrected chi connectivity index (χ4v) is 3.19. The summed E-state index contributed by atoms with van der Waals surface area (Å²) >= 11 is 0. The molecule has 2 aliphatic rings. The Kier molecular flexibility index (Phi) is 5.64. The molecule has 1 saturated carbocycles. The van der Waals surface area contributed by atoms with Gasteiger partial charge < -0.3 is 21.0 Å². The molecule has 1 unspecified atom stereocenters. The molecule has 0 aromatic rings. The van der Waals surface area contributed by atoms with Crippen molar-refractivity contribution in [2.24, 2.45) is 22.7 Å². The van der Waals surface area contributed by atoms with Gasteiger partial charge in [-0.2, -0.15) is 0 Å². The first-order chi connectivity index (χ1) is 9.72. The van der Waals surface area contributed by atoms with E-state index in [9.17, 15) is 4.79 Å². The first kappa shape index (κ1) is 15.1. The summed E-state index contributed by atoms with van der Waals surface area (Å²) in [6, 6.07) is -0.337. The molecule has 1 aliphatic carbocycles. The Morgan fingerprint density at radius 1 is 1.20 bits per heavy atom. The number of hydrogen-bond donors (Lipinski definition) is 3. The van der Waals surface area contributed by atoms with Gasteiger partial charge in [0.25, 0.3) is 0 Å². The maximum Gasteiger partial charge on any atom is 0.223 e. The maximum atomic E-state index is 12.3. The first-order valence-corrected chi connectivity index (χ1v) is 7.58. The SMILES string of the molecule is NC(=NO)C(NC(=O)C1CCOCC1)C1CCCCC1. The molecule has 6 nitrogen and oxygen atoms in total. The lowest BCUT2D eigenvalue weighted by Crippen LogP contribution is -2.51. The molecule has 1 amide bonds. The van der Waals surface area contributed by atoms with Crippen LogP contribution in [-0.4, -0.2) is 36.2 Å². The van der Waals surface area contributed by atoms with Crippen molar-refractivity contribution in [2.45, 2.75) is 51.0 Å². The van der Waals surface area contributed by atoms with Gasteiger partial charge in [-0.25, -0.2) is 0 Å². The Balaban J connectivity index is 1.97. The Bertz CT molecular complexity index is 348. The van der Waals surface area contributed by atoms with E-state index in [4.69, 9.17) is 15.7 Å². The molecule has 20 heavy (non-hydrogen) atoms. The predicted octanol–water partition coefficient (Wildman–Crippen LogP) is 1.22. The number of oxime groups is 1. The van der Waals surface area contributed by atoms with E-state index in [2.05, 4.69) is 10.5 Å². The van der Waals surface area contributed by atoms with E-state index in [0.717, 1.165) is 38.5 Å². The lowest BCUT2D eigenvalue weighted by molar-refractivity contribution is -0.128. The summed E-state index contributed by atoms with van der Waals surface area (Å²) in [7, 11) is 0. The molecule has 0 aromatic heterocycles. The smallest absolute Gasteiger partial charge is 0.223 e. The van der Waals surface area contributed by atoms with E-state index in [-0.39, 0.29) is 29.6 Å². The number of amides is 1. The quantitative estimate of drug-likeness (QED) is 0.313. The van der Waals surface area contributed by atoms with Gasteiger partial charge in [0, 0.05) is 19.1 Å². The fraction of sp³-hybridized carbons (Fsp3) is 0.857. The van der Waals surface area contributed by atoms with E-state index in [1.54, 1.807) is 0 Å². The van der Waals surface area contributed by atoms with Crippen molar-refractivity contribution in [1.82, 2.24) is 5.32 Å². The van der Waals surface area contributed by atoms with Crippen LogP contribution < -0.4 is 11.1 Å². The van der Waals surface area contributed by atoms with Crippen LogP contribution in [-0.2, 0) is 9.53 Å². The van der Waals surface area contributed by atoms with E-state index >= 15 is 0 Å². The standard InChI is InChI=1S/C14H25N3O3/c15-13(17-19)12(10-4-2-1-3-5-10)16-14(18)11-6-8-20-9-7-11/h10-12,19H,1-9H2,(H2,15,17)(H,16,18). The van der Waals surface area contributed by atoms with Crippen molar-refractivity contribution in [3.63, 3.8) is 0 Å². The number of carbonyl (C=O) groups is 1. The lowest BCUT2D eigenvalue weighted by Gasteiger charge is -2.31. The van der Waals surface area contributed by atoms with Crippen molar-refractivity contribution in [2.75, 3.05) is 13.2 Å². The van der Waals surface area contributed by atoms with E-state index < -0.39 is 0 Å². The molecule has 0 spiro atoms. The van der Waals surface area contributed by atoms with Crippen LogP contribution in [0.25, 0.3) is 0 Å². The minimum atomic E-state index is -0.337. The van der Waals surface area contributed by atoms with Crippen molar-refractivity contribution < 1.29 is 14.7 Å². The summed E-state index contributed by atoms with van der Waals surface area (Å²) in [5.41, 5.74) is 5.79. The van der Waals surface area contributed by atoms with Gasteiger partial charge in [0.1, 0.15) is 0 Å². The van der Waals surface area contributed by atoms with E-state index in [1.165, 1.54) is 6.42 Å². The zero-order valence-electron chi connectivity index (χ0n) is 11.9. The van der Waals surface area contributed by atoms with Gasteiger partial charge in [0.2, 0.25) is 5.91 Å². The highest BCUT2D eigenvalue weighted by Crippen LogP contribution is 2.27. The van der Waals surface area contributed by atoms with Crippen LogP contribution in [0, 0.1) is 11.8 Å². The third-order valence-electron chi connectivity index (χ3n) is 4.45. The number of hydrogen-bond acceptors (Lipinski definition) is 4. The highest BCUT2D eigenvalue weighted by molar-refractivity contribution is 5.90. The Morgan fingerprint density at radius 2 is 1.85 bits per heavy atom. The van der Waals surface area contributed by atoms with E-state index in [1.807, 2.05) is 0 Å². The monoisotopic (exact) mass is 283 g/mol. The Labute approximate surface area is 119 Å². The van der Waals surface area contributed by atoms with Gasteiger partial charge in [-0.1, -0.05) is 24.4 Å². The number of nitrogens with two attached hydrogens (primary N) is 1. The number of rotatable bonds is 4. The average molecular weight is 283 g/mol. The predicted molar refractivity (Wildman–Crippen MR) is 75.5 cm³/mol. The lowest BCUT2D eigenvalue weighted by atomic mass is 9.83. The molecule has 2 fully saturated rings. The molecule has 1 atom stereocenters. The molecule has 0 aromatic carbocycles. The number of ether oxygens (including phenoxy) is 1. The second-order valence-corrected chi connectivity index (χ2v) is 5.80. The van der Waals surface area contributed by atoms with Gasteiger partial charge in [-0.05, 0) is 31.6 Å². The van der Waals surface area contributed by atoms with Crippen molar-refractivity contribution in [3.8, 4) is 0 Å². The van der Waals surface area contributed by atoms with Crippen LogP contribution in [0.15, 0.2) is 5.16 Å². The zero-order valence-corrected chi connectivity index (χ0v) is 11.9. The van der Waals surface area contributed by atoms with Crippen LogP contribution in [0.3, 0.4) is 0 Å². The van der Waals surface area contributed by atoms with Crippen molar-refractivity contribution in [3.05, 3.63) is 0 Å². The van der Waals surface area contributed by atoms with Gasteiger partial charge in [-0.15, -0.1) is 0 Å². The minimum Gasteiger partial charge on any atom is -0.409 e. The number of nitrogens with one attached hydrogen (secondary N) is 1. The Morgan fingerprint density at radius 3 is 2.45 bits per heavy atom. The molecule has 0 bridgehead atoms. The van der Waals surface area contributed by atoms with Crippen LogP contribution in [0.1, 0.15) is 44.9 Å². The molecule has 4 N–H and O–H groups in total. The second kappa shape index (κ2) is 7.47. The molecule has 114 valence electrons. The molecular weight excluding hydrogens is 258 g/mol. The fourth-order valence-electron chi connectivity index (χ4n) is 3.19. The topological polar surface area (TPSA) is 96.9 Å².